The van der Waals surface area contributed by atoms with E-state index in [0.717, 1.165) is 20.7 Å². The molecule has 0 atom stereocenters. The number of thioether (sulfide) groups is 1. The van der Waals surface area contributed by atoms with E-state index in [4.69, 9.17) is 0 Å². The summed E-state index contributed by atoms with van der Waals surface area (Å²) in [5.41, 5.74) is 3.85. The molecule has 1 aromatic carbocycles. The highest BCUT2D eigenvalue weighted by molar-refractivity contribution is 9.10. The lowest BCUT2D eigenvalue weighted by atomic mass is 10.1. The number of nitrogens with one attached hydrogen (secondary N) is 1. The van der Waals surface area contributed by atoms with Crippen molar-refractivity contribution in [2.24, 2.45) is 0 Å². The first-order valence-electron chi connectivity index (χ1n) is 7.00. The molecule has 0 saturated heterocycles. The van der Waals surface area contributed by atoms with Crippen LogP contribution in [0, 0.1) is 13.8 Å². The molecule has 1 amide bonds. The maximum absolute atomic E-state index is 12.4. The van der Waals surface area contributed by atoms with Crippen molar-refractivity contribution in [3.8, 4) is 0 Å². The lowest BCUT2D eigenvalue weighted by molar-refractivity contribution is -0.116. The summed E-state index contributed by atoms with van der Waals surface area (Å²) in [7, 11) is 0. The van der Waals surface area contributed by atoms with Crippen LogP contribution in [0.2, 0.25) is 0 Å². The second-order valence-electron chi connectivity index (χ2n) is 5.24. The van der Waals surface area contributed by atoms with Crippen LogP contribution in [0.25, 0.3) is 6.08 Å². The fraction of sp³-hybridized carbons (Fsp3) is 0.235. The molecule has 0 fully saturated rings. The summed E-state index contributed by atoms with van der Waals surface area (Å²) in [5.74, 6) is 0.904. The summed E-state index contributed by atoms with van der Waals surface area (Å²) >= 11 is 6.85. The van der Waals surface area contributed by atoms with Crippen LogP contribution in [0.3, 0.4) is 0 Å². The number of carbonyl (C=O) groups excluding carboxylic acids is 1. The summed E-state index contributed by atoms with van der Waals surface area (Å²) in [4.78, 5) is 15.7. The molecule has 2 aromatic rings. The van der Waals surface area contributed by atoms with Gasteiger partial charge in [0.25, 0.3) is 5.91 Å². The van der Waals surface area contributed by atoms with Crippen molar-refractivity contribution in [1.82, 2.24) is 5.32 Å². The predicted molar refractivity (Wildman–Crippen MR) is 99.1 cm³/mol. The third-order valence-electron chi connectivity index (χ3n) is 3.74. The first kappa shape index (κ1) is 15.8. The Balaban J connectivity index is 1.71. The monoisotopic (exact) mass is 393 g/mol. The summed E-state index contributed by atoms with van der Waals surface area (Å²) in [6.07, 6.45) is 2.03. The van der Waals surface area contributed by atoms with Gasteiger partial charge in [-0.05, 0) is 48.7 Å². The molecule has 0 spiro atoms. The SMILES string of the molecule is Cc1sc2c(c1C)CSC(C(=O)NCc1cccc(Br)c1)=C2. The normalized spacial score (nSPS) is 13.5. The molecular weight excluding hydrogens is 378 g/mol. The van der Waals surface area contributed by atoms with Gasteiger partial charge in [-0.15, -0.1) is 23.1 Å². The van der Waals surface area contributed by atoms with Crippen LogP contribution in [-0.2, 0) is 17.1 Å². The van der Waals surface area contributed by atoms with Crippen LogP contribution < -0.4 is 5.32 Å². The molecule has 2 nitrogen and oxygen atoms in total. The quantitative estimate of drug-likeness (QED) is 0.791. The van der Waals surface area contributed by atoms with Gasteiger partial charge in [-0.3, -0.25) is 4.79 Å². The largest absolute Gasteiger partial charge is 0.348 e. The van der Waals surface area contributed by atoms with Crippen molar-refractivity contribution in [2.75, 3.05) is 0 Å². The second-order valence-corrected chi connectivity index (χ2v) is 8.43. The molecule has 0 saturated carbocycles. The van der Waals surface area contributed by atoms with Crippen molar-refractivity contribution >= 4 is 51.0 Å². The van der Waals surface area contributed by atoms with Gasteiger partial charge < -0.3 is 5.32 Å². The van der Waals surface area contributed by atoms with Gasteiger partial charge in [0, 0.05) is 26.5 Å². The van der Waals surface area contributed by atoms with Crippen LogP contribution in [-0.4, -0.2) is 5.91 Å². The average molecular weight is 394 g/mol. The average Bonchev–Trinajstić information content (AvgIpc) is 2.79. The van der Waals surface area contributed by atoms with E-state index in [2.05, 4.69) is 35.1 Å². The highest BCUT2D eigenvalue weighted by Crippen LogP contribution is 2.39. The Morgan fingerprint density at radius 1 is 1.36 bits per heavy atom. The van der Waals surface area contributed by atoms with E-state index in [1.807, 2.05) is 30.3 Å². The molecule has 0 aliphatic carbocycles. The number of rotatable bonds is 3. The number of halogens is 1. The first-order valence-corrected chi connectivity index (χ1v) is 9.60. The molecular formula is C17H16BrNOS2. The molecule has 1 aliphatic heterocycles. The maximum atomic E-state index is 12.4. The Labute approximate surface area is 147 Å². The van der Waals surface area contributed by atoms with Crippen molar-refractivity contribution < 1.29 is 4.79 Å². The minimum atomic E-state index is 0.0133. The highest BCUT2D eigenvalue weighted by atomic mass is 79.9. The molecule has 22 heavy (non-hydrogen) atoms. The smallest absolute Gasteiger partial charge is 0.258 e. The van der Waals surface area contributed by atoms with Gasteiger partial charge in [0.15, 0.2) is 0 Å². The van der Waals surface area contributed by atoms with Gasteiger partial charge in [-0.25, -0.2) is 0 Å². The van der Waals surface area contributed by atoms with Crippen LogP contribution in [0.5, 0.6) is 0 Å². The van der Waals surface area contributed by atoms with Gasteiger partial charge in [0.05, 0.1) is 4.91 Å². The molecule has 1 N–H and O–H groups in total. The van der Waals surface area contributed by atoms with E-state index < -0.39 is 0 Å². The van der Waals surface area contributed by atoms with Crippen LogP contribution in [0.15, 0.2) is 33.6 Å². The van der Waals surface area contributed by atoms with Gasteiger partial charge in [-0.2, -0.15) is 0 Å². The van der Waals surface area contributed by atoms with Crippen LogP contribution >= 0.6 is 39.0 Å². The zero-order valence-electron chi connectivity index (χ0n) is 12.4. The molecule has 2 heterocycles. The highest BCUT2D eigenvalue weighted by Gasteiger charge is 2.20. The minimum Gasteiger partial charge on any atom is -0.348 e. The van der Waals surface area contributed by atoms with Crippen molar-refractivity contribution in [3.63, 3.8) is 0 Å². The Kier molecular flexibility index (Phi) is 4.76. The number of hydrogen-bond donors (Lipinski definition) is 1. The third-order valence-corrected chi connectivity index (χ3v) is 6.48. The van der Waals surface area contributed by atoms with E-state index in [0.29, 0.717) is 6.54 Å². The molecule has 0 bridgehead atoms. The number of carbonyl (C=O) groups is 1. The zero-order chi connectivity index (χ0) is 15.7. The topological polar surface area (TPSA) is 29.1 Å². The lowest BCUT2D eigenvalue weighted by Crippen LogP contribution is -2.24. The van der Waals surface area contributed by atoms with E-state index >= 15 is 0 Å². The molecule has 1 aliphatic rings. The number of hydrogen-bond acceptors (Lipinski definition) is 3. The molecule has 1 aromatic heterocycles. The number of amides is 1. The maximum Gasteiger partial charge on any atom is 0.258 e. The standard InChI is InChI=1S/C17H16BrNOS2/c1-10-11(2)22-15-7-16(21-9-14(10)15)17(20)19-8-12-4-3-5-13(18)6-12/h3-7H,8-9H2,1-2H3,(H,19,20). The fourth-order valence-corrected chi connectivity index (χ4v) is 5.17. The summed E-state index contributed by atoms with van der Waals surface area (Å²) in [6, 6.07) is 7.99. The number of thiophene rings is 1. The Hall–Kier alpha value is -1.04. The third kappa shape index (κ3) is 3.31. The first-order chi connectivity index (χ1) is 10.5. The van der Waals surface area contributed by atoms with E-state index in [-0.39, 0.29) is 5.91 Å². The Bertz CT molecular complexity index is 764. The summed E-state index contributed by atoms with van der Waals surface area (Å²) in [6.45, 7) is 4.85. The lowest BCUT2D eigenvalue weighted by Gasteiger charge is -2.14. The van der Waals surface area contributed by atoms with E-state index in [1.54, 1.807) is 23.1 Å². The fourth-order valence-electron chi connectivity index (χ4n) is 2.35. The summed E-state index contributed by atoms with van der Waals surface area (Å²) < 4.78 is 1.03. The van der Waals surface area contributed by atoms with Gasteiger partial charge in [0.2, 0.25) is 0 Å². The van der Waals surface area contributed by atoms with E-state index in [9.17, 15) is 4.79 Å². The van der Waals surface area contributed by atoms with Gasteiger partial charge in [0.1, 0.15) is 0 Å². The van der Waals surface area contributed by atoms with E-state index in [1.165, 1.54) is 20.9 Å². The van der Waals surface area contributed by atoms with Crippen molar-refractivity contribution in [1.29, 1.82) is 0 Å². The molecule has 0 unspecified atom stereocenters. The zero-order valence-corrected chi connectivity index (χ0v) is 15.6. The summed E-state index contributed by atoms with van der Waals surface area (Å²) in [5, 5.41) is 3.00. The van der Waals surface area contributed by atoms with Crippen molar-refractivity contribution in [3.05, 3.63) is 60.1 Å². The van der Waals surface area contributed by atoms with Gasteiger partial charge in [-0.1, -0.05) is 28.1 Å². The predicted octanol–water partition coefficient (Wildman–Crippen LogP) is 5.03. The number of aryl methyl sites for hydroxylation is 1. The molecule has 5 heteroatoms. The van der Waals surface area contributed by atoms with Crippen LogP contribution in [0.1, 0.15) is 26.4 Å². The Morgan fingerprint density at radius 2 is 2.18 bits per heavy atom. The van der Waals surface area contributed by atoms with Gasteiger partial charge >= 0.3 is 0 Å². The number of fused-ring (bicyclic) bond motifs is 1. The minimum absolute atomic E-state index is 0.0133. The molecule has 114 valence electrons. The van der Waals surface area contributed by atoms with Crippen LogP contribution in [0.4, 0.5) is 0 Å². The molecule has 0 radical (unpaired) electrons. The van der Waals surface area contributed by atoms with Crippen molar-refractivity contribution in [2.45, 2.75) is 26.1 Å². The second kappa shape index (κ2) is 6.60. The molecule has 3 rings (SSSR count). The Morgan fingerprint density at radius 3 is 2.95 bits per heavy atom. The number of benzene rings is 1.